The molecule has 4 atom stereocenters. The Bertz CT molecular complexity index is 759. The lowest BCUT2D eigenvalue weighted by Crippen LogP contribution is -2.39. The van der Waals surface area contributed by atoms with Gasteiger partial charge in [0, 0.05) is 6.07 Å². The Hall–Kier alpha value is -2.54. The molecule has 3 heterocycles. The zero-order valence-corrected chi connectivity index (χ0v) is 13.3. The van der Waals surface area contributed by atoms with Gasteiger partial charge in [-0.15, -0.1) is 0 Å². The largest absolute Gasteiger partial charge is 0.497 e. The summed E-state index contributed by atoms with van der Waals surface area (Å²) in [5, 5.41) is 9.50. The first kappa shape index (κ1) is 15.0. The third-order valence-electron chi connectivity index (χ3n) is 5.06. The zero-order chi connectivity index (χ0) is 17.1. The summed E-state index contributed by atoms with van der Waals surface area (Å²) in [7, 11) is 3.06. The van der Waals surface area contributed by atoms with Gasteiger partial charge in [-0.25, -0.2) is 0 Å². The first-order valence-electron chi connectivity index (χ1n) is 7.64. The van der Waals surface area contributed by atoms with E-state index in [4.69, 9.17) is 14.2 Å². The molecule has 0 aliphatic carbocycles. The van der Waals surface area contributed by atoms with Gasteiger partial charge in [0.2, 0.25) is 5.91 Å². The maximum atomic E-state index is 13.0. The Kier molecular flexibility index (Phi) is 3.11. The van der Waals surface area contributed by atoms with Crippen LogP contribution in [0.1, 0.15) is 0 Å². The predicted molar refractivity (Wildman–Crippen MR) is 83.3 cm³/mol. The third-order valence-corrected chi connectivity index (χ3v) is 5.06. The number of hydrogen-bond acceptors (Lipinski definition) is 5. The molecule has 4 rings (SSSR count). The molecular weight excluding hydrogens is 314 g/mol. The van der Waals surface area contributed by atoms with E-state index in [1.807, 2.05) is 6.08 Å². The van der Waals surface area contributed by atoms with E-state index in [2.05, 4.69) is 0 Å². The number of carbonyl (C=O) groups is 2. The Morgan fingerprint density at radius 3 is 2.83 bits per heavy atom. The maximum absolute atomic E-state index is 13.0. The average molecular weight is 331 g/mol. The number of fused-ring (bicyclic) bond motifs is 1. The third kappa shape index (κ3) is 1.81. The second-order valence-corrected chi connectivity index (χ2v) is 6.20. The zero-order valence-electron chi connectivity index (χ0n) is 13.3. The molecule has 0 radical (unpaired) electrons. The summed E-state index contributed by atoms with van der Waals surface area (Å²) in [4.78, 5) is 26.1. The minimum Gasteiger partial charge on any atom is -0.497 e. The SMILES string of the molecule is COc1ccc(N2C[C@@]34C=C[C@@H](O3)[C@H](C(=O)O)[C@H]4C2=O)c(OC)c1. The molecule has 126 valence electrons. The molecule has 1 aromatic carbocycles. The number of carboxylic acid groups (broad SMARTS) is 1. The van der Waals surface area contributed by atoms with Crippen LogP contribution in [0.25, 0.3) is 0 Å². The van der Waals surface area contributed by atoms with Crippen LogP contribution in [0.15, 0.2) is 30.4 Å². The number of benzene rings is 1. The highest BCUT2D eigenvalue weighted by atomic mass is 16.5. The van der Waals surface area contributed by atoms with Gasteiger partial charge in [0.15, 0.2) is 0 Å². The molecule has 7 nitrogen and oxygen atoms in total. The van der Waals surface area contributed by atoms with Crippen molar-refractivity contribution in [2.75, 3.05) is 25.7 Å². The molecule has 0 aromatic heterocycles. The van der Waals surface area contributed by atoms with Crippen molar-refractivity contribution in [3.05, 3.63) is 30.4 Å². The van der Waals surface area contributed by atoms with E-state index >= 15 is 0 Å². The van der Waals surface area contributed by atoms with Gasteiger partial charge in [-0.1, -0.05) is 12.2 Å². The number of hydrogen-bond donors (Lipinski definition) is 1. The van der Waals surface area contributed by atoms with E-state index < -0.39 is 29.5 Å². The molecule has 3 aliphatic heterocycles. The van der Waals surface area contributed by atoms with Crippen LogP contribution in [-0.4, -0.2) is 49.5 Å². The number of methoxy groups -OCH3 is 2. The van der Waals surface area contributed by atoms with Crippen LogP contribution in [0, 0.1) is 11.8 Å². The van der Waals surface area contributed by atoms with Crippen molar-refractivity contribution < 1.29 is 28.9 Å². The fourth-order valence-electron chi connectivity index (χ4n) is 3.99. The van der Waals surface area contributed by atoms with Gasteiger partial charge in [-0.3, -0.25) is 9.59 Å². The van der Waals surface area contributed by atoms with Crippen LogP contribution < -0.4 is 14.4 Å². The number of amides is 1. The molecule has 0 saturated carbocycles. The number of carboxylic acids is 1. The van der Waals surface area contributed by atoms with Gasteiger partial charge in [0.05, 0.1) is 38.5 Å². The summed E-state index contributed by atoms with van der Waals surface area (Å²) >= 11 is 0. The van der Waals surface area contributed by atoms with E-state index in [0.29, 0.717) is 17.2 Å². The maximum Gasteiger partial charge on any atom is 0.310 e. The van der Waals surface area contributed by atoms with Crippen molar-refractivity contribution in [2.45, 2.75) is 11.7 Å². The van der Waals surface area contributed by atoms with Gasteiger partial charge in [0.25, 0.3) is 0 Å². The highest BCUT2D eigenvalue weighted by molar-refractivity contribution is 6.03. The molecule has 2 bridgehead atoms. The van der Waals surface area contributed by atoms with Crippen molar-refractivity contribution in [1.82, 2.24) is 0 Å². The molecule has 1 amide bonds. The number of rotatable bonds is 4. The van der Waals surface area contributed by atoms with E-state index in [1.165, 1.54) is 7.11 Å². The predicted octanol–water partition coefficient (Wildman–Crippen LogP) is 1.07. The van der Waals surface area contributed by atoms with Gasteiger partial charge in [-0.05, 0) is 12.1 Å². The van der Waals surface area contributed by atoms with E-state index in [-0.39, 0.29) is 12.5 Å². The number of ether oxygens (including phenoxy) is 3. The molecule has 3 aliphatic rings. The van der Waals surface area contributed by atoms with Crippen LogP contribution in [0.3, 0.4) is 0 Å². The van der Waals surface area contributed by atoms with E-state index in [0.717, 1.165) is 0 Å². The summed E-state index contributed by atoms with van der Waals surface area (Å²) in [5.74, 6) is -1.72. The standard InChI is InChI=1S/C17H17NO6/c1-22-9-3-4-10(12(7-9)23-2)18-8-17-6-5-11(24-17)13(16(20)21)14(17)15(18)19/h3-7,11,13-14H,8H2,1-2H3,(H,20,21)/t11-,13+,14+,17-/m1/s1. The minimum atomic E-state index is -1.01. The van der Waals surface area contributed by atoms with Gasteiger partial charge < -0.3 is 24.2 Å². The smallest absolute Gasteiger partial charge is 0.310 e. The number of aliphatic carboxylic acids is 1. The van der Waals surface area contributed by atoms with Crippen molar-refractivity contribution in [3.8, 4) is 11.5 Å². The van der Waals surface area contributed by atoms with Gasteiger partial charge in [-0.2, -0.15) is 0 Å². The van der Waals surface area contributed by atoms with Crippen LogP contribution >= 0.6 is 0 Å². The second-order valence-electron chi connectivity index (χ2n) is 6.20. The quantitative estimate of drug-likeness (QED) is 0.831. The van der Waals surface area contributed by atoms with E-state index in [1.54, 1.807) is 36.3 Å². The van der Waals surface area contributed by atoms with Crippen LogP contribution in [0.5, 0.6) is 11.5 Å². The lowest BCUT2D eigenvalue weighted by molar-refractivity contribution is -0.146. The van der Waals surface area contributed by atoms with Crippen molar-refractivity contribution in [2.24, 2.45) is 11.8 Å². The van der Waals surface area contributed by atoms with Crippen LogP contribution in [0.2, 0.25) is 0 Å². The van der Waals surface area contributed by atoms with E-state index in [9.17, 15) is 14.7 Å². The first-order valence-corrected chi connectivity index (χ1v) is 7.64. The monoisotopic (exact) mass is 331 g/mol. The lowest BCUT2D eigenvalue weighted by atomic mass is 9.77. The summed E-state index contributed by atoms with van der Waals surface area (Å²) in [5.41, 5.74) is -0.285. The Balaban J connectivity index is 1.74. The van der Waals surface area contributed by atoms with Crippen LogP contribution in [0.4, 0.5) is 5.69 Å². The topological polar surface area (TPSA) is 85.3 Å². The summed E-state index contributed by atoms with van der Waals surface area (Å²) in [6.07, 6.45) is 3.05. The molecule has 24 heavy (non-hydrogen) atoms. The summed E-state index contributed by atoms with van der Waals surface area (Å²) in [6.45, 7) is 0.274. The minimum absolute atomic E-state index is 0.252. The highest BCUT2D eigenvalue weighted by Gasteiger charge is 2.67. The molecule has 0 unspecified atom stereocenters. The van der Waals surface area contributed by atoms with Gasteiger partial charge in [0.1, 0.15) is 23.0 Å². The van der Waals surface area contributed by atoms with Gasteiger partial charge >= 0.3 is 5.97 Å². The number of carbonyl (C=O) groups excluding carboxylic acids is 1. The molecule has 2 saturated heterocycles. The second kappa shape index (κ2) is 4.98. The molecule has 2 fully saturated rings. The lowest BCUT2D eigenvalue weighted by Gasteiger charge is -2.23. The normalized spacial score (nSPS) is 33.0. The summed E-state index contributed by atoms with van der Waals surface area (Å²) < 4.78 is 16.4. The highest BCUT2D eigenvalue weighted by Crippen LogP contribution is 2.53. The Morgan fingerprint density at radius 2 is 2.17 bits per heavy atom. The van der Waals surface area contributed by atoms with Crippen LogP contribution in [-0.2, 0) is 14.3 Å². The molecule has 1 N–H and O–H groups in total. The first-order chi connectivity index (χ1) is 11.5. The molecule has 1 spiro atoms. The Labute approximate surface area is 138 Å². The molecular formula is C17H17NO6. The van der Waals surface area contributed by atoms with Crippen molar-refractivity contribution in [1.29, 1.82) is 0 Å². The van der Waals surface area contributed by atoms with Crippen molar-refractivity contribution >= 4 is 17.6 Å². The summed E-state index contributed by atoms with van der Waals surface area (Å²) in [6, 6.07) is 5.16. The molecule has 1 aromatic rings. The fraction of sp³-hybridized carbons (Fsp3) is 0.412. The number of anilines is 1. The fourth-order valence-corrected chi connectivity index (χ4v) is 3.99. The average Bonchev–Trinajstić information content (AvgIpc) is 3.22. The number of nitrogens with zero attached hydrogens (tertiary/aromatic N) is 1. The Morgan fingerprint density at radius 1 is 1.38 bits per heavy atom. The molecule has 7 heteroatoms. The van der Waals surface area contributed by atoms with Crippen molar-refractivity contribution in [3.63, 3.8) is 0 Å².